The molecule has 1 atom stereocenters. The molecule has 1 aliphatic rings. The zero-order chi connectivity index (χ0) is 21.2. The minimum absolute atomic E-state index is 0.104. The smallest absolute Gasteiger partial charge is 0.248 e. The van der Waals surface area contributed by atoms with Gasteiger partial charge in [-0.15, -0.1) is 0 Å². The second kappa shape index (κ2) is 11.4. The van der Waals surface area contributed by atoms with Gasteiger partial charge < -0.3 is 21.5 Å². The van der Waals surface area contributed by atoms with E-state index in [1.807, 2.05) is 18.2 Å². The molecule has 0 aromatic heterocycles. The number of nitrogens with two attached hydrogens (primary N) is 1. The maximum absolute atomic E-state index is 12.7. The quantitative estimate of drug-likeness (QED) is 0.214. The third-order valence-corrected chi connectivity index (χ3v) is 4.85. The molecule has 0 bridgehead atoms. The summed E-state index contributed by atoms with van der Waals surface area (Å²) in [6.07, 6.45) is 6.33. The van der Waals surface area contributed by atoms with Crippen molar-refractivity contribution in [1.82, 2.24) is 10.6 Å². The van der Waals surface area contributed by atoms with Crippen LogP contribution in [-0.4, -0.2) is 41.9 Å². The fourth-order valence-electron chi connectivity index (χ4n) is 3.03. The van der Waals surface area contributed by atoms with E-state index in [-0.39, 0.29) is 30.8 Å². The van der Waals surface area contributed by atoms with E-state index < -0.39 is 6.04 Å². The van der Waals surface area contributed by atoms with Crippen molar-refractivity contribution >= 4 is 34.8 Å². The Kier molecular flexibility index (Phi) is 8.89. The molecule has 0 heterocycles. The van der Waals surface area contributed by atoms with E-state index in [1.54, 1.807) is 18.2 Å². The zero-order valence-electron chi connectivity index (χ0n) is 16.2. The summed E-state index contributed by atoms with van der Waals surface area (Å²) < 4.78 is 0. The molecule has 1 aromatic carbocycles. The lowest BCUT2D eigenvalue weighted by Crippen LogP contribution is -2.47. The van der Waals surface area contributed by atoms with Gasteiger partial charge in [-0.3, -0.25) is 15.0 Å². The largest absolute Gasteiger partial charge is 0.395 e. The number of carbonyl (C=O) groups is 2. The van der Waals surface area contributed by atoms with Crippen molar-refractivity contribution in [2.24, 2.45) is 5.73 Å². The Labute approximate surface area is 175 Å². The van der Waals surface area contributed by atoms with E-state index in [9.17, 15) is 9.59 Å². The molecule has 2 amide bonds. The molecule has 7 nitrogen and oxygen atoms in total. The van der Waals surface area contributed by atoms with Gasteiger partial charge in [0.05, 0.1) is 12.4 Å². The zero-order valence-corrected chi connectivity index (χ0v) is 17.0. The van der Waals surface area contributed by atoms with Gasteiger partial charge in [-0.2, -0.15) is 0 Å². The molecule has 0 spiro atoms. The van der Waals surface area contributed by atoms with Crippen molar-refractivity contribution in [3.8, 4) is 0 Å². The Morgan fingerprint density at radius 2 is 1.93 bits per heavy atom. The fraction of sp³-hybridized carbons (Fsp3) is 0.381. The summed E-state index contributed by atoms with van der Waals surface area (Å²) in [7, 11) is 0. The van der Waals surface area contributed by atoms with Crippen LogP contribution in [0.2, 0.25) is 5.02 Å². The summed E-state index contributed by atoms with van der Waals surface area (Å²) in [5.41, 5.74) is 7.94. The maximum atomic E-state index is 12.7. The highest BCUT2D eigenvalue weighted by Crippen LogP contribution is 2.29. The van der Waals surface area contributed by atoms with Crippen LogP contribution in [0.4, 0.5) is 0 Å². The topological polar surface area (TPSA) is 128 Å². The van der Waals surface area contributed by atoms with E-state index in [0.29, 0.717) is 42.7 Å². The first kappa shape index (κ1) is 22.6. The molecule has 0 fully saturated rings. The van der Waals surface area contributed by atoms with E-state index in [4.69, 9.17) is 27.9 Å². The van der Waals surface area contributed by atoms with Crippen LogP contribution in [0.1, 0.15) is 37.7 Å². The molecule has 0 radical (unpaired) electrons. The second-order valence-electron chi connectivity index (χ2n) is 6.88. The summed E-state index contributed by atoms with van der Waals surface area (Å²) >= 11 is 5.92. The number of hydrogen-bond acceptors (Lipinski definition) is 4. The first-order valence-electron chi connectivity index (χ1n) is 9.58. The van der Waals surface area contributed by atoms with Crippen molar-refractivity contribution in [2.45, 2.75) is 38.1 Å². The maximum Gasteiger partial charge on any atom is 0.248 e. The van der Waals surface area contributed by atoms with Gasteiger partial charge in [-0.05, 0) is 36.1 Å². The van der Waals surface area contributed by atoms with Crippen LogP contribution >= 0.6 is 11.6 Å². The Balaban J connectivity index is 1.93. The normalized spacial score (nSPS) is 14.0. The van der Waals surface area contributed by atoms with E-state index >= 15 is 0 Å². The molecule has 6 N–H and O–H groups in total. The number of carbonyl (C=O) groups excluding carboxylic acids is 2. The lowest BCUT2D eigenvalue weighted by Gasteiger charge is -2.19. The molecule has 1 aromatic rings. The Morgan fingerprint density at radius 3 is 2.59 bits per heavy atom. The molecular weight excluding hydrogens is 392 g/mol. The molecule has 156 valence electrons. The van der Waals surface area contributed by atoms with Crippen LogP contribution in [0.15, 0.2) is 42.0 Å². The van der Waals surface area contributed by atoms with Crippen LogP contribution in [-0.2, 0) is 9.59 Å². The van der Waals surface area contributed by atoms with Crippen LogP contribution in [0.5, 0.6) is 0 Å². The van der Waals surface area contributed by atoms with E-state index in [1.165, 1.54) is 0 Å². The third-order valence-electron chi connectivity index (χ3n) is 4.60. The van der Waals surface area contributed by atoms with Crippen molar-refractivity contribution in [3.05, 3.63) is 52.6 Å². The Hall–Kier alpha value is -2.64. The summed E-state index contributed by atoms with van der Waals surface area (Å²) in [5.74, 6) is -0.520. The number of aliphatic hydroxyl groups is 1. The molecule has 1 unspecified atom stereocenters. The standard InChI is InChI=1S/C21H27ClN4O3/c22-17-9-7-14(8-10-17)15-5-6-16(13-15)20(28)26-18(21(29)25-11-12-27)3-1-2-4-19(23)24/h5-10,18,27H,1-4,11-13H2,(H3,23,24)(H,25,29)(H,26,28). The second-order valence-corrected chi connectivity index (χ2v) is 7.32. The first-order valence-corrected chi connectivity index (χ1v) is 9.96. The van der Waals surface area contributed by atoms with Crippen LogP contribution in [0.3, 0.4) is 0 Å². The minimum Gasteiger partial charge on any atom is -0.395 e. The van der Waals surface area contributed by atoms with Gasteiger partial charge in [-0.25, -0.2) is 0 Å². The van der Waals surface area contributed by atoms with Gasteiger partial charge in [0.2, 0.25) is 11.8 Å². The minimum atomic E-state index is -0.707. The lowest BCUT2D eigenvalue weighted by atomic mass is 10.0. The number of amidine groups is 1. The summed E-state index contributed by atoms with van der Waals surface area (Å²) in [4.78, 5) is 25.0. The molecule has 2 rings (SSSR count). The number of allylic oxidation sites excluding steroid dienone is 3. The monoisotopic (exact) mass is 418 g/mol. The predicted molar refractivity (Wildman–Crippen MR) is 115 cm³/mol. The van der Waals surface area contributed by atoms with Gasteiger partial charge in [0.25, 0.3) is 0 Å². The van der Waals surface area contributed by atoms with Crippen molar-refractivity contribution in [1.29, 1.82) is 5.41 Å². The van der Waals surface area contributed by atoms with Crippen LogP contribution in [0, 0.1) is 5.41 Å². The number of hydrogen-bond donors (Lipinski definition) is 5. The number of nitrogens with one attached hydrogen (secondary N) is 3. The average Bonchev–Trinajstić information content (AvgIpc) is 3.19. The molecule has 29 heavy (non-hydrogen) atoms. The van der Waals surface area contributed by atoms with Gasteiger partial charge in [0, 0.05) is 30.0 Å². The van der Waals surface area contributed by atoms with Gasteiger partial charge in [-0.1, -0.05) is 42.3 Å². The van der Waals surface area contributed by atoms with Gasteiger partial charge >= 0.3 is 0 Å². The Bertz CT molecular complexity index is 803. The molecule has 1 aliphatic carbocycles. The Morgan fingerprint density at radius 1 is 1.21 bits per heavy atom. The summed E-state index contributed by atoms with van der Waals surface area (Å²) in [5, 5.41) is 22.2. The van der Waals surface area contributed by atoms with Gasteiger partial charge in [0.1, 0.15) is 6.04 Å². The SMILES string of the molecule is N=C(N)CCCCC(NC(=O)C1=CC=C(c2ccc(Cl)cc2)C1)C(=O)NCCO. The highest BCUT2D eigenvalue weighted by molar-refractivity contribution is 6.30. The van der Waals surface area contributed by atoms with E-state index in [0.717, 1.165) is 11.1 Å². The first-order chi connectivity index (χ1) is 13.9. The van der Waals surface area contributed by atoms with Crippen molar-refractivity contribution < 1.29 is 14.7 Å². The van der Waals surface area contributed by atoms with Crippen LogP contribution < -0.4 is 16.4 Å². The van der Waals surface area contributed by atoms with Gasteiger partial charge in [0.15, 0.2) is 0 Å². The molecule has 0 saturated carbocycles. The predicted octanol–water partition coefficient (Wildman–Crippen LogP) is 2.14. The number of halogens is 1. The summed E-state index contributed by atoms with van der Waals surface area (Å²) in [6.45, 7) is -0.0418. The molecule has 8 heteroatoms. The van der Waals surface area contributed by atoms with Crippen LogP contribution in [0.25, 0.3) is 5.57 Å². The molecule has 0 saturated heterocycles. The third kappa shape index (κ3) is 7.36. The number of rotatable bonds is 11. The van der Waals surface area contributed by atoms with E-state index in [2.05, 4.69) is 10.6 Å². The number of aliphatic hydroxyl groups excluding tert-OH is 1. The highest BCUT2D eigenvalue weighted by atomic mass is 35.5. The lowest BCUT2D eigenvalue weighted by molar-refractivity contribution is -0.127. The number of benzene rings is 1. The number of unbranched alkanes of at least 4 members (excludes halogenated alkanes) is 1. The number of amides is 2. The average molecular weight is 419 g/mol. The molecule has 0 aliphatic heterocycles. The van der Waals surface area contributed by atoms with Crippen molar-refractivity contribution in [2.75, 3.05) is 13.2 Å². The molecular formula is C21H27ClN4O3. The van der Waals surface area contributed by atoms with Crippen molar-refractivity contribution in [3.63, 3.8) is 0 Å². The highest BCUT2D eigenvalue weighted by Gasteiger charge is 2.23. The fourth-order valence-corrected chi connectivity index (χ4v) is 3.15. The summed E-state index contributed by atoms with van der Waals surface area (Å²) in [6, 6.07) is 6.71.